The van der Waals surface area contributed by atoms with Gasteiger partial charge in [0.25, 0.3) is 5.69 Å². The molecule has 24 heavy (non-hydrogen) atoms. The highest BCUT2D eigenvalue weighted by Crippen LogP contribution is 2.34. The standard InChI is InChI=1S/C17H26N4O3/c1-18-8-10-19(11-9-18)15-4-3-7-20(13-15)16-6-5-14(21(22)23)12-17(16)24-2/h5-6,12,15H,3-4,7-11,13H2,1-2H3. The zero-order valence-corrected chi connectivity index (χ0v) is 14.5. The lowest BCUT2D eigenvalue weighted by Crippen LogP contribution is -2.54. The summed E-state index contributed by atoms with van der Waals surface area (Å²) >= 11 is 0. The van der Waals surface area contributed by atoms with Crippen molar-refractivity contribution in [3.8, 4) is 5.75 Å². The molecule has 0 spiro atoms. The molecule has 1 aromatic carbocycles. The zero-order valence-electron chi connectivity index (χ0n) is 14.5. The van der Waals surface area contributed by atoms with Gasteiger partial charge >= 0.3 is 0 Å². The summed E-state index contributed by atoms with van der Waals surface area (Å²) in [7, 11) is 3.75. The van der Waals surface area contributed by atoms with Gasteiger partial charge in [-0.15, -0.1) is 0 Å². The number of ether oxygens (including phenoxy) is 1. The number of methoxy groups -OCH3 is 1. The lowest BCUT2D eigenvalue weighted by Gasteiger charge is -2.43. The highest BCUT2D eigenvalue weighted by molar-refractivity contribution is 5.62. The van der Waals surface area contributed by atoms with E-state index in [0.717, 1.165) is 51.4 Å². The van der Waals surface area contributed by atoms with E-state index >= 15 is 0 Å². The summed E-state index contributed by atoms with van der Waals surface area (Å²) < 4.78 is 5.42. The minimum Gasteiger partial charge on any atom is -0.494 e. The SMILES string of the molecule is COc1cc([N+](=O)[O-])ccc1N1CCCC(N2CCN(C)CC2)C1. The molecule has 3 rings (SSSR count). The molecule has 0 aliphatic carbocycles. The number of piperidine rings is 1. The normalized spacial score (nSPS) is 23.2. The van der Waals surface area contributed by atoms with Gasteiger partial charge in [-0.3, -0.25) is 15.0 Å². The minimum atomic E-state index is -0.379. The van der Waals surface area contributed by atoms with E-state index in [4.69, 9.17) is 4.74 Å². The van der Waals surface area contributed by atoms with Gasteiger partial charge in [-0.05, 0) is 26.0 Å². The second-order valence-corrected chi connectivity index (χ2v) is 6.69. The topological polar surface area (TPSA) is 62.1 Å². The lowest BCUT2D eigenvalue weighted by atomic mass is 10.0. The van der Waals surface area contributed by atoms with Crippen LogP contribution >= 0.6 is 0 Å². The van der Waals surface area contributed by atoms with Crippen LogP contribution in [-0.2, 0) is 0 Å². The van der Waals surface area contributed by atoms with Gasteiger partial charge in [0.2, 0.25) is 0 Å². The molecule has 1 aromatic rings. The van der Waals surface area contributed by atoms with Crippen LogP contribution in [0.3, 0.4) is 0 Å². The number of nitro benzene ring substituents is 1. The Bertz CT molecular complexity index is 587. The number of benzene rings is 1. The molecule has 0 aromatic heterocycles. The smallest absolute Gasteiger partial charge is 0.273 e. The van der Waals surface area contributed by atoms with Gasteiger partial charge in [0.05, 0.1) is 23.8 Å². The Morgan fingerprint density at radius 1 is 1.21 bits per heavy atom. The minimum absolute atomic E-state index is 0.0724. The number of anilines is 1. The van der Waals surface area contributed by atoms with Crippen LogP contribution in [-0.4, -0.2) is 74.2 Å². The maximum Gasteiger partial charge on any atom is 0.273 e. The molecule has 1 unspecified atom stereocenters. The summed E-state index contributed by atoms with van der Waals surface area (Å²) in [6, 6.07) is 5.46. The number of hydrogen-bond acceptors (Lipinski definition) is 6. The first-order valence-electron chi connectivity index (χ1n) is 8.58. The van der Waals surface area contributed by atoms with E-state index in [0.29, 0.717) is 11.8 Å². The van der Waals surface area contributed by atoms with Crippen LogP contribution in [0.4, 0.5) is 11.4 Å². The highest BCUT2D eigenvalue weighted by atomic mass is 16.6. The Morgan fingerprint density at radius 3 is 2.62 bits per heavy atom. The first-order chi connectivity index (χ1) is 11.6. The number of non-ortho nitro benzene ring substituents is 1. The third kappa shape index (κ3) is 3.62. The first kappa shape index (κ1) is 17.0. The van der Waals surface area contributed by atoms with E-state index < -0.39 is 0 Å². The van der Waals surface area contributed by atoms with E-state index in [-0.39, 0.29) is 10.6 Å². The fourth-order valence-electron chi connectivity index (χ4n) is 3.70. The van der Waals surface area contributed by atoms with Gasteiger partial charge in [-0.2, -0.15) is 0 Å². The van der Waals surface area contributed by atoms with Crippen molar-refractivity contribution < 1.29 is 9.66 Å². The number of piperazine rings is 1. The molecular formula is C17H26N4O3. The Morgan fingerprint density at radius 2 is 1.96 bits per heavy atom. The van der Waals surface area contributed by atoms with Crippen LogP contribution in [0.2, 0.25) is 0 Å². The second-order valence-electron chi connectivity index (χ2n) is 6.69. The number of hydrogen-bond donors (Lipinski definition) is 0. The highest BCUT2D eigenvalue weighted by Gasteiger charge is 2.28. The van der Waals surface area contributed by atoms with Gasteiger partial charge in [0.1, 0.15) is 5.75 Å². The van der Waals surface area contributed by atoms with Crippen molar-refractivity contribution in [1.82, 2.24) is 9.80 Å². The summed E-state index contributed by atoms with van der Waals surface area (Å²) in [6.07, 6.45) is 2.35. The molecule has 132 valence electrons. The summed E-state index contributed by atoms with van der Waals surface area (Å²) in [5.74, 6) is 0.586. The predicted octanol–water partition coefficient (Wildman–Crippen LogP) is 1.82. The number of nitrogens with zero attached hydrogens (tertiary/aromatic N) is 4. The molecule has 0 N–H and O–H groups in total. The average molecular weight is 334 g/mol. The van der Waals surface area contributed by atoms with Crippen molar-refractivity contribution in [2.75, 3.05) is 58.3 Å². The van der Waals surface area contributed by atoms with Gasteiger partial charge in [-0.25, -0.2) is 0 Å². The van der Waals surface area contributed by atoms with Gasteiger partial charge in [0.15, 0.2) is 0 Å². The maximum atomic E-state index is 11.0. The summed E-state index contributed by atoms with van der Waals surface area (Å²) in [6.45, 7) is 6.41. The van der Waals surface area contributed by atoms with E-state index in [9.17, 15) is 10.1 Å². The van der Waals surface area contributed by atoms with Gasteiger partial charge in [-0.1, -0.05) is 0 Å². The van der Waals surface area contributed by atoms with Gasteiger partial charge in [0, 0.05) is 51.4 Å². The second kappa shape index (κ2) is 7.36. The molecule has 0 saturated carbocycles. The third-order valence-electron chi connectivity index (χ3n) is 5.17. The third-order valence-corrected chi connectivity index (χ3v) is 5.17. The molecule has 2 heterocycles. The first-order valence-corrected chi connectivity index (χ1v) is 8.58. The van der Waals surface area contributed by atoms with E-state index in [1.165, 1.54) is 12.5 Å². The average Bonchev–Trinajstić information content (AvgIpc) is 2.61. The van der Waals surface area contributed by atoms with Crippen LogP contribution in [0.25, 0.3) is 0 Å². The molecule has 1 atom stereocenters. The van der Waals surface area contributed by atoms with E-state index in [1.807, 2.05) is 6.07 Å². The molecule has 7 heteroatoms. The van der Waals surface area contributed by atoms with Gasteiger partial charge < -0.3 is 14.5 Å². The maximum absolute atomic E-state index is 11.0. The quantitative estimate of drug-likeness (QED) is 0.618. The van der Waals surface area contributed by atoms with Crippen LogP contribution in [0, 0.1) is 10.1 Å². The Labute approximate surface area is 142 Å². The van der Waals surface area contributed by atoms with Crippen molar-refractivity contribution in [3.63, 3.8) is 0 Å². The van der Waals surface area contributed by atoms with E-state index in [2.05, 4.69) is 21.7 Å². The summed E-state index contributed by atoms with van der Waals surface area (Å²) in [5.41, 5.74) is 1.03. The van der Waals surface area contributed by atoms with Crippen LogP contribution in [0.5, 0.6) is 5.75 Å². The monoisotopic (exact) mass is 334 g/mol. The molecule has 2 fully saturated rings. The Hall–Kier alpha value is -1.86. The Balaban J connectivity index is 1.73. The molecule has 0 bridgehead atoms. The van der Waals surface area contributed by atoms with Crippen LogP contribution in [0.1, 0.15) is 12.8 Å². The number of rotatable bonds is 4. The van der Waals surface area contributed by atoms with Crippen molar-refractivity contribution in [3.05, 3.63) is 28.3 Å². The zero-order chi connectivity index (χ0) is 17.1. The van der Waals surface area contributed by atoms with Crippen LogP contribution < -0.4 is 9.64 Å². The summed E-state index contributed by atoms with van der Waals surface area (Å²) in [4.78, 5) is 17.9. The van der Waals surface area contributed by atoms with Crippen molar-refractivity contribution in [1.29, 1.82) is 0 Å². The van der Waals surface area contributed by atoms with Crippen LogP contribution in [0.15, 0.2) is 18.2 Å². The molecule has 2 aliphatic heterocycles. The molecular weight excluding hydrogens is 308 g/mol. The fourth-order valence-corrected chi connectivity index (χ4v) is 3.70. The molecule has 2 saturated heterocycles. The fraction of sp³-hybridized carbons (Fsp3) is 0.647. The summed E-state index contributed by atoms with van der Waals surface area (Å²) in [5, 5.41) is 11.0. The Kier molecular flexibility index (Phi) is 5.20. The van der Waals surface area contributed by atoms with Crippen molar-refractivity contribution in [2.45, 2.75) is 18.9 Å². The van der Waals surface area contributed by atoms with Crippen molar-refractivity contribution >= 4 is 11.4 Å². The molecule has 0 amide bonds. The predicted molar refractivity (Wildman–Crippen MR) is 94.0 cm³/mol. The molecule has 2 aliphatic rings. The molecule has 7 nitrogen and oxygen atoms in total. The largest absolute Gasteiger partial charge is 0.494 e. The number of likely N-dealkylation sites (N-methyl/N-ethyl adjacent to an activating group) is 1. The number of nitro groups is 1. The molecule has 0 radical (unpaired) electrons. The van der Waals surface area contributed by atoms with E-state index in [1.54, 1.807) is 13.2 Å². The van der Waals surface area contributed by atoms with Crippen molar-refractivity contribution in [2.24, 2.45) is 0 Å². The lowest BCUT2D eigenvalue weighted by molar-refractivity contribution is -0.384.